The van der Waals surface area contributed by atoms with E-state index in [1.54, 1.807) is 24.3 Å². The molecule has 3 rings (SSSR count). The van der Waals surface area contributed by atoms with Crippen molar-refractivity contribution in [2.45, 2.75) is 17.4 Å². The summed E-state index contributed by atoms with van der Waals surface area (Å²) in [5, 5.41) is 7.06. The average Bonchev–Trinajstić information content (AvgIpc) is 2.68. The Morgan fingerprint density at radius 2 is 1.87 bits per heavy atom. The van der Waals surface area contributed by atoms with Gasteiger partial charge < -0.3 is 15.4 Å². The van der Waals surface area contributed by atoms with E-state index in [2.05, 4.69) is 15.4 Å². The molecule has 1 aliphatic rings. The topological polar surface area (TPSA) is 96.5 Å². The highest BCUT2D eigenvalue weighted by Crippen LogP contribution is 2.24. The zero-order valence-electron chi connectivity index (χ0n) is 16.3. The van der Waals surface area contributed by atoms with E-state index in [4.69, 9.17) is 27.9 Å². The van der Waals surface area contributed by atoms with Gasteiger partial charge >= 0.3 is 0 Å². The normalized spacial score (nSPS) is 15.3. The lowest BCUT2D eigenvalue weighted by Crippen LogP contribution is -2.56. The van der Waals surface area contributed by atoms with Gasteiger partial charge in [-0.05, 0) is 48.4 Å². The fraction of sp³-hybridized carbons (Fsp3) is 0.350. The molecule has 162 valence electrons. The number of benzene rings is 2. The Labute approximate surface area is 186 Å². The maximum absolute atomic E-state index is 12.5. The van der Waals surface area contributed by atoms with Crippen molar-refractivity contribution in [3.05, 3.63) is 58.1 Å². The van der Waals surface area contributed by atoms with Gasteiger partial charge in [0.2, 0.25) is 15.9 Å². The van der Waals surface area contributed by atoms with E-state index in [1.165, 1.54) is 19.2 Å². The first kappa shape index (κ1) is 22.8. The SMILES string of the molecule is COc1ccc(S(=O)(=O)NCC(=O)NC(Cc2ccc(Cl)c(Cl)c2)C2CNC2)cc1. The molecule has 0 radical (unpaired) electrons. The Hall–Kier alpha value is -1.84. The van der Waals surface area contributed by atoms with Crippen LogP contribution in [0.4, 0.5) is 0 Å². The van der Waals surface area contributed by atoms with Crippen LogP contribution in [-0.4, -0.2) is 47.1 Å². The number of carbonyl (C=O) groups excluding carboxylic acids is 1. The minimum absolute atomic E-state index is 0.0617. The van der Waals surface area contributed by atoms with Crippen molar-refractivity contribution in [3.63, 3.8) is 0 Å². The van der Waals surface area contributed by atoms with Crippen LogP contribution in [0.1, 0.15) is 5.56 Å². The van der Waals surface area contributed by atoms with Gasteiger partial charge in [-0.15, -0.1) is 0 Å². The lowest BCUT2D eigenvalue weighted by Gasteiger charge is -2.35. The van der Waals surface area contributed by atoms with Crippen LogP contribution in [-0.2, 0) is 21.2 Å². The second kappa shape index (κ2) is 9.98. The van der Waals surface area contributed by atoms with Crippen LogP contribution in [0.5, 0.6) is 5.75 Å². The van der Waals surface area contributed by atoms with E-state index in [-0.39, 0.29) is 23.4 Å². The molecule has 2 aromatic carbocycles. The predicted molar refractivity (Wildman–Crippen MR) is 117 cm³/mol. The van der Waals surface area contributed by atoms with Crippen LogP contribution < -0.4 is 20.1 Å². The Morgan fingerprint density at radius 1 is 1.17 bits per heavy atom. The molecule has 1 amide bonds. The number of ether oxygens (including phenoxy) is 1. The molecule has 0 aliphatic carbocycles. The van der Waals surface area contributed by atoms with Crippen LogP contribution in [0.25, 0.3) is 0 Å². The number of hydrogen-bond donors (Lipinski definition) is 3. The average molecular weight is 472 g/mol. The van der Waals surface area contributed by atoms with Crippen molar-refractivity contribution < 1.29 is 17.9 Å². The molecule has 1 aliphatic heterocycles. The van der Waals surface area contributed by atoms with E-state index >= 15 is 0 Å². The summed E-state index contributed by atoms with van der Waals surface area (Å²) < 4.78 is 32.2. The van der Waals surface area contributed by atoms with Crippen LogP contribution >= 0.6 is 23.2 Å². The number of halogens is 2. The minimum atomic E-state index is -3.81. The van der Waals surface area contributed by atoms with Crippen molar-refractivity contribution in [1.29, 1.82) is 0 Å². The van der Waals surface area contributed by atoms with Gasteiger partial charge in [0, 0.05) is 25.0 Å². The van der Waals surface area contributed by atoms with Crippen molar-refractivity contribution in [1.82, 2.24) is 15.4 Å². The van der Waals surface area contributed by atoms with Crippen molar-refractivity contribution in [2.75, 3.05) is 26.7 Å². The summed E-state index contributed by atoms with van der Waals surface area (Å²) in [5.74, 6) is 0.400. The third-order valence-corrected chi connectivity index (χ3v) is 7.12. The maximum atomic E-state index is 12.5. The number of nitrogens with one attached hydrogen (secondary N) is 3. The third-order valence-electron chi connectivity index (χ3n) is 4.96. The number of rotatable bonds is 9. The molecule has 0 saturated carbocycles. The molecule has 0 aromatic heterocycles. The van der Waals surface area contributed by atoms with E-state index in [0.29, 0.717) is 22.2 Å². The molecule has 10 heteroatoms. The van der Waals surface area contributed by atoms with Gasteiger partial charge in [-0.25, -0.2) is 13.1 Å². The lowest BCUT2D eigenvalue weighted by molar-refractivity contribution is -0.121. The standard InChI is InChI=1S/C20H23Cl2N3O4S/c1-29-15-3-5-16(6-4-15)30(27,28)24-12-20(26)25-19(14-10-23-11-14)9-13-2-7-17(21)18(22)8-13/h2-8,14,19,23-24H,9-12H2,1H3,(H,25,26). The van der Waals surface area contributed by atoms with Crippen LogP contribution in [0.15, 0.2) is 47.4 Å². The van der Waals surface area contributed by atoms with E-state index < -0.39 is 15.9 Å². The summed E-state index contributed by atoms with van der Waals surface area (Å²) in [4.78, 5) is 12.5. The molecule has 0 bridgehead atoms. The highest BCUT2D eigenvalue weighted by molar-refractivity contribution is 7.89. The van der Waals surface area contributed by atoms with Crippen molar-refractivity contribution in [3.8, 4) is 5.75 Å². The Bertz CT molecular complexity index is 996. The molecule has 1 fully saturated rings. The smallest absolute Gasteiger partial charge is 0.241 e. The van der Waals surface area contributed by atoms with Gasteiger partial charge in [0.15, 0.2) is 0 Å². The van der Waals surface area contributed by atoms with Gasteiger partial charge in [-0.2, -0.15) is 0 Å². The second-order valence-electron chi connectivity index (χ2n) is 7.04. The second-order valence-corrected chi connectivity index (χ2v) is 9.63. The van der Waals surface area contributed by atoms with Gasteiger partial charge in [-0.3, -0.25) is 4.79 Å². The first-order chi connectivity index (χ1) is 14.3. The monoisotopic (exact) mass is 471 g/mol. The van der Waals surface area contributed by atoms with E-state index in [0.717, 1.165) is 18.7 Å². The zero-order valence-corrected chi connectivity index (χ0v) is 18.7. The van der Waals surface area contributed by atoms with E-state index in [1.807, 2.05) is 6.07 Å². The summed E-state index contributed by atoms with van der Waals surface area (Å²) in [6.45, 7) is 1.21. The molecule has 1 unspecified atom stereocenters. The predicted octanol–water partition coefficient (Wildman–Crippen LogP) is 2.23. The Morgan fingerprint density at radius 3 is 2.43 bits per heavy atom. The zero-order chi connectivity index (χ0) is 21.7. The van der Waals surface area contributed by atoms with Crippen LogP contribution in [0, 0.1) is 5.92 Å². The molecule has 30 heavy (non-hydrogen) atoms. The fourth-order valence-electron chi connectivity index (χ4n) is 3.11. The number of methoxy groups -OCH3 is 1. The van der Waals surface area contributed by atoms with Crippen LogP contribution in [0.2, 0.25) is 10.0 Å². The molecule has 1 atom stereocenters. The number of hydrogen-bond acceptors (Lipinski definition) is 5. The lowest BCUT2D eigenvalue weighted by atomic mass is 9.89. The summed E-state index contributed by atoms with van der Waals surface area (Å²) in [7, 11) is -2.31. The van der Waals surface area contributed by atoms with Gasteiger partial charge in [-0.1, -0.05) is 29.3 Å². The van der Waals surface area contributed by atoms with E-state index in [9.17, 15) is 13.2 Å². The largest absolute Gasteiger partial charge is 0.497 e. The summed E-state index contributed by atoms with van der Waals surface area (Å²) in [6.07, 6.45) is 0.570. The number of amides is 1. The molecule has 7 nitrogen and oxygen atoms in total. The molecular weight excluding hydrogens is 449 g/mol. The molecule has 1 heterocycles. The molecule has 1 saturated heterocycles. The van der Waals surface area contributed by atoms with Crippen LogP contribution in [0.3, 0.4) is 0 Å². The highest BCUT2D eigenvalue weighted by atomic mass is 35.5. The third kappa shape index (κ3) is 5.86. The maximum Gasteiger partial charge on any atom is 0.241 e. The first-order valence-corrected chi connectivity index (χ1v) is 11.6. The van der Waals surface area contributed by atoms with Crippen molar-refractivity contribution in [2.24, 2.45) is 5.92 Å². The van der Waals surface area contributed by atoms with Gasteiger partial charge in [0.1, 0.15) is 5.75 Å². The van der Waals surface area contributed by atoms with Gasteiger partial charge in [0.25, 0.3) is 0 Å². The van der Waals surface area contributed by atoms with Gasteiger partial charge in [0.05, 0.1) is 28.6 Å². The molecular formula is C20H23Cl2N3O4S. The van der Waals surface area contributed by atoms with Crippen molar-refractivity contribution >= 4 is 39.1 Å². The molecule has 3 N–H and O–H groups in total. The Balaban J connectivity index is 1.60. The number of carbonyl (C=O) groups is 1. The highest BCUT2D eigenvalue weighted by Gasteiger charge is 2.29. The Kier molecular flexibility index (Phi) is 7.60. The first-order valence-electron chi connectivity index (χ1n) is 9.36. The quantitative estimate of drug-likeness (QED) is 0.520. The number of sulfonamides is 1. The minimum Gasteiger partial charge on any atom is -0.497 e. The summed E-state index contributed by atoms with van der Waals surface area (Å²) in [6, 6.07) is 11.2. The summed E-state index contributed by atoms with van der Waals surface area (Å²) >= 11 is 12.1. The molecule has 0 spiro atoms. The molecule has 2 aromatic rings. The summed E-state index contributed by atoms with van der Waals surface area (Å²) in [5.41, 5.74) is 0.945. The fourth-order valence-corrected chi connectivity index (χ4v) is 4.41.